The molecule has 2 unspecified atom stereocenters. The molecule has 2 atom stereocenters. The fourth-order valence-electron chi connectivity index (χ4n) is 2.85. The maximum absolute atomic E-state index is 12.3. The summed E-state index contributed by atoms with van der Waals surface area (Å²) in [4.78, 5) is 14.1. The molecule has 104 valence electrons. The fraction of sp³-hybridized carbons (Fsp3) is 0.533. The highest BCUT2D eigenvalue weighted by molar-refractivity contribution is 5.71. The average molecular weight is 262 g/mol. The SMILES string of the molecule is CCN(C(=O)Oc1ccccc1)C1CCCC1CN. The molecule has 1 saturated carbocycles. The molecule has 0 bridgehead atoms. The van der Waals surface area contributed by atoms with Crippen molar-refractivity contribution in [2.75, 3.05) is 13.1 Å². The Hall–Kier alpha value is -1.55. The van der Waals surface area contributed by atoms with E-state index in [0.29, 0.717) is 24.8 Å². The van der Waals surface area contributed by atoms with Crippen molar-refractivity contribution in [1.29, 1.82) is 0 Å². The van der Waals surface area contributed by atoms with Gasteiger partial charge in [-0.05, 0) is 44.4 Å². The van der Waals surface area contributed by atoms with Crippen LogP contribution in [0.15, 0.2) is 30.3 Å². The third-order valence-electron chi connectivity index (χ3n) is 3.85. The summed E-state index contributed by atoms with van der Waals surface area (Å²) in [6, 6.07) is 9.43. The second-order valence-corrected chi connectivity index (χ2v) is 4.96. The van der Waals surface area contributed by atoms with Crippen LogP contribution in [0.25, 0.3) is 0 Å². The molecule has 0 aromatic heterocycles. The summed E-state index contributed by atoms with van der Waals surface area (Å²) in [5.74, 6) is 0.997. The van der Waals surface area contributed by atoms with Crippen molar-refractivity contribution >= 4 is 6.09 Å². The average Bonchev–Trinajstić information content (AvgIpc) is 2.89. The van der Waals surface area contributed by atoms with E-state index in [4.69, 9.17) is 10.5 Å². The molecular weight excluding hydrogens is 240 g/mol. The molecule has 0 saturated heterocycles. The van der Waals surface area contributed by atoms with Gasteiger partial charge in [0, 0.05) is 12.6 Å². The zero-order valence-corrected chi connectivity index (χ0v) is 11.4. The van der Waals surface area contributed by atoms with Gasteiger partial charge in [0.15, 0.2) is 0 Å². The predicted octanol–water partition coefficient (Wildman–Crippen LogP) is 2.63. The van der Waals surface area contributed by atoms with E-state index in [1.54, 1.807) is 12.1 Å². The highest BCUT2D eigenvalue weighted by atomic mass is 16.6. The maximum atomic E-state index is 12.3. The van der Waals surface area contributed by atoms with E-state index >= 15 is 0 Å². The number of benzene rings is 1. The van der Waals surface area contributed by atoms with Gasteiger partial charge in [-0.2, -0.15) is 0 Å². The Bertz CT molecular complexity index is 408. The number of hydrogen-bond donors (Lipinski definition) is 1. The van der Waals surface area contributed by atoms with E-state index < -0.39 is 0 Å². The molecule has 4 heteroatoms. The molecule has 2 N–H and O–H groups in total. The lowest BCUT2D eigenvalue weighted by molar-refractivity contribution is 0.123. The number of ether oxygens (including phenoxy) is 1. The van der Waals surface area contributed by atoms with Crippen molar-refractivity contribution in [1.82, 2.24) is 4.90 Å². The smallest absolute Gasteiger partial charge is 0.410 e. The third-order valence-corrected chi connectivity index (χ3v) is 3.85. The topological polar surface area (TPSA) is 55.6 Å². The predicted molar refractivity (Wildman–Crippen MR) is 75.0 cm³/mol. The zero-order valence-electron chi connectivity index (χ0n) is 11.4. The van der Waals surface area contributed by atoms with Crippen molar-refractivity contribution < 1.29 is 9.53 Å². The number of amides is 1. The lowest BCUT2D eigenvalue weighted by Gasteiger charge is -2.30. The number of nitrogens with two attached hydrogens (primary N) is 1. The monoisotopic (exact) mass is 262 g/mol. The van der Waals surface area contributed by atoms with Crippen molar-refractivity contribution in [2.45, 2.75) is 32.2 Å². The van der Waals surface area contributed by atoms with Gasteiger partial charge < -0.3 is 15.4 Å². The number of nitrogens with zero attached hydrogens (tertiary/aromatic N) is 1. The minimum Gasteiger partial charge on any atom is -0.410 e. The molecule has 1 aliphatic rings. The second kappa shape index (κ2) is 6.57. The van der Waals surface area contributed by atoms with E-state index in [9.17, 15) is 4.79 Å². The molecule has 4 nitrogen and oxygen atoms in total. The molecule has 0 heterocycles. The summed E-state index contributed by atoms with van der Waals surface area (Å²) in [5, 5.41) is 0. The standard InChI is InChI=1S/C15H22N2O2/c1-2-17(14-10-6-7-12(14)11-16)15(18)19-13-8-4-3-5-9-13/h3-5,8-9,12,14H,2,6-7,10-11,16H2,1H3. The number of carbonyl (C=O) groups is 1. The Labute approximate surface area is 114 Å². The molecule has 1 aromatic rings. The molecule has 2 rings (SSSR count). The van der Waals surface area contributed by atoms with E-state index in [1.807, 2.05) is 30.0 Å². The quantitative estimate of drug-likeness (QED) is 0.907. The molecule has 1 fully saturated rings. The molecule has 0 radical (unpaired) electrons. The van der Waals surface area contributed by atoms with Crippen LogP contribution in [0.1, 0.15) is 26.2 Å². The van der Waals surface area contributed by atoms with Crippen molar-refractivity contribution in [3.63, 3.8) is 0 Å². The van der Waals surface area contributed by atoms with Gasteiger partial charge in [-0.3, -0.25) is 0 Å². The number of hydrogen-bond acceptors (Lipinski definition) is 3. The van der Waals surface area contributed by atoms with Crippen LogP contribution in [0.5, 0.6) is 5.75 Å². The highest BCUT2D eigenvalue weighted by Crippen LogP contribution is 2.29. The summed E-state index contributed by atoms with van der Waals surface area (Å²) < 4.78 is 5.42. The lowest BCUT2D eigenvalue weighted by Crippen LogP contribution is -2.45. The Morgan fingerprint density at radius 1 is 1.37 bits per heavy atom. The van der Waals surface area contributed by atoms with Gasteiger partial charge in [0.1, 0.15) is 5.75 Å². The summed E-state index contributed by atoms with van der Waals surface area (Å²) in [7, 11) is 0. The van der Waals surface area contributed by atoms with Crippen molar-refractivity contribution in [2.24, 2.45) is 11.7 Å². The molecule has 19 heavy (non-hydrogen) atoms. The molecule has 1 amide bonds. The fourth-order valence-corrected chi connectivity index (χ4v) is 2.85. The molecule has 1 aromatic carbocycles. The summed E-state index contributed by atoms with van der Waals surface area (Å²) in [5.41, 5.74) is 5.79. The van der Waals surface area contributed by atoms with Gasteiger partial charge in [-0.15, -0.1) is 0 Å². The van der Waals surface area contributed by atoms with Crippen LogP contribution in [-0.2, 0) is 0 Å². The first-order valence-corrected chi connectivity index (χ1v) is 6.99. The Morgan fingerprint density at radius 3 is 2.74 bits per heavy atom. The van der Waals surface area contributed by atoms with Crippen LogP contribution in [0.3, 0.4) is 0 Å². The van der Waals surface area contributed by atoms with E-state index in [1.165, 1.54) is 0 Å². The van der Waals surface area contributed by atoms with Crippen LogP contribution in [0.4, 0.5) is 4.79 Å². The van der Waals surface area contributed by atoms with E-state index in [2.05, 4.69) is 0 Å². The highest BCUT2D eigenvalue weighted by Gasteiger charge is 2.33. The van der Waals surface area contributed by atoms with Crippen LogP contribution in [-0.4, -0.2) is 30.1 Å². The zero-order chi connectivity index (χ0) is 13.7. The summed E-state index contributed by atoms with van der Waals surface area (Å²) in [6.45, 7) is 3.28. The van der Waals surface area contributed by atoms with Gasteiger partial charge in [-0.25, -0.2) is 4.79 Å². The van der Waals surface area contributed by atoms with Gasteiger partial charge in [0.05, 0.1) is 0 Å². The van der Waals surface area contributed by atoms with Crippen LogP contribution >= 0.6 is 0 Å². The maximum Gasteiger partial charge on any atom is 0.415 e. The largest absolute Gasteiger partial charge is 0.415 e. The Balaban J connectivity index is 2.03. The first-order valence-electron chi connectivity index (χ1n) is 6.99. The minimum absolute atomic E-state index is 0.228. The molecule has 0 aliphatic heterocycles. The van der Waals surface area contributed by atoms with Crippen molar-refractivity contribution in [3.05, 3.63) is 30.3 Å². The van der Waals surface area contributed by atoms with Crippen molar-refractivity contribution in [3.8, 4) is 5.75 Å². The number of para-hydroxylation sites is 1. The molecule has 1 aliphatic carbocycles. The van der Waals surface area contributed by atoms with E-state index in [-0.39, 0.29) is 12.1 Å². The number of carbonyl (C=O) groups excluding carboxylic acids is 1. The molecule has 0 spiro atoms. The normalized spacial score (nSPS) is 22.2. The first-order chi connectivity index (χ1) is 9.26. The van der Waals surface area contributed by atoms with Crippen LogP contribution in [0, 0.1) is 5.92 Å². The van der Waals surface area contributed by atoms with Crippen LogP contribution in [0.2, 0.25) is 0 Å². The van der Waals surface area contributed by atoms with Gasteiger partial charge >= 0.3 is 6.09 Å². The first kappa shape index (κ1) is 13.9. The van der Waals surface area contributed by atoms with Gasteiger partial charge in [-0.1, -0.05) is 24.6 Å². The lowest BCUT2D eigenvalue weighted by atomic mass is 10.0. The van der Waals surface area contributed by atoms with E-state index in [0.717, 1.165) is 19.3 Å². The van der Waals surface area contributed by atoms with Gasteiger partial charge in [0.25, 0.3) is 0 Å². The summed E-state index contributed by atoms with van der Waals surface area (Å²) >= 11 is 0. The van der Waals surface area contributed by atoms with Crippen LogP contribution < -0.4 is 10.5 Å². The number of rotatable bonds is 4. The third kappa shape index (κ3) is 3.26. The Morgan fingerprint density at radius 2 is 2.11 bits per heavy atom. The molecular formula is C15H22N2O2. The second-order valence-electron chi connectivity index (χ2n) is 4.96. The Kier molecular flexibility index (Phi) is 4.80. The van der Waals surface area contributed by atoms with Gasteiger partial charge in [0.2, 0.25) is 0 Å². The summed E-state index contributed by atoms with van der Waals surface area (Å²) in [6.07, 6.45) is 3.01. The minimum atomic E-state index is -0.265.